The minimum absolute atomic E-state index is 0.0620. The molecule has 0 fully saturated rings. The third kappa shape index (κ3) is 4.34. The molecule has 0 bridgehead atoms. The van der Waals surface area contributed by atoms with Gasteiger partial charge in [0.1, 0.15) is 6.07 Å². The third-order valence-electron chi connectivity index (χ3n) is 3.98. The highest BCUT2D eigenvalue weighted by Crippen LogP contribution is 2.26. The van der Waals surface area contributed by atoms with Crippen LogP contribution in [0.15, 0.2) is 53.4 Å². The Balaban J connectivity index is 2.23. The monoisotopic (exact) mass is 343 g/mol. The smallest absolute Gasteiger partial charge is 0.238 e. The number of rotatable bonds is 6. The Bertz CT molecular complexity index is 840. The fraction of sp³-hybridized carbons (Fsp3) is 0.278. The van der Waals surface area contributed by atoms with Crippen molar-refractivity contribution >= 4 is 15.7 Å². The first-order chi connectivity index (χ1) is 11.3. The minimum atomic E-state index is -3.82. The van der Waals surface area contributed by atoms with E-state index in [0.717, 1.165) is 0 Å². The van der Waals surface area contributed by atoms with E-state index in [1.807, 2.05) is 24.3 Å². The Labute approximate surface area is 143 Å². The highest BCUT2D eigenvalue weighted by Gasteiger charge is 2.17. The Kier molecular flexibility index (Phi) is 5.60. The summed E-state index contributed by atoms with van der Waals surface area (Å²) in [4.78, 5) is -0.0620. The normalized spacial score (nSPS) is 12.6. The van der Waals surface area contributed by atoms with E-state index in [9.17, 15) is 13.7 Å². The molecule has 0 aliphatic rings. The molecular weight excluding hydrogens is 322 g/mol. The SMILES string of the molecule is CC(C)C(CNc1ccc(S(N)(=O)=O)cc1C#N)c1ccccc1. The van der Waals surface area contributed by atoms with Gasteiger partial charge in [-0.2, -0.15) is 5.26 Å². The first-order valence-corrected chi connectivity index (χ1v) is 9.23. The van der Waals surface area contributed by atoms with E-state index in [-0.39, 0.29) is 16.4 Å². The van der Waals surface area contributed by atoms with Gasteiger partial charge in [0.2, 0.25) is 10.0 Å². The van der Waals surface area contributed by atoms with Crippen molar-refractivity contribution in [3.63, 3.8) is 0 Å². The van der Waals surface area contributed by atoms with Gasteiger partial charge < -0.3 is 5.32 Å². The first kappa shape index (κ1) is 18.0. The highest BCUT2D eigenvalue weighted by atomic mass is 32.2. The van der Waals surface area contributed by atoms with E-state index in [1.165, 1.54) is 17.7 Å². The van der Waals surface area contributed by atoms with Gasteiger partial charge in [-0.15, -0.1) is 0 Å². The van der Waals surface area contributed by atoms with Gasteiger partial charge in [-0.1, -0.05) is 44.2 Å². The average Bonchev–Trinajstić information content (AvgIpc) is 2.55. The number of nitrogens with two attached hydrogens (primary N) is 1. The van der Waals surface area contributed by atoms with Crippen molar-refractivity contribution in [1.82, 2.24) is 0 Å². The van der Waals surface area contributed by atoms with Crippen LogP contribution in [0.4, 0.5) is 5.69 Å². The van der Waals surface area contributed by atoms with Gasteiger partial charge in [0, 0.05) is 12.5 Å². The summed E-state index contributed by atoms with van der Waals surface area (Å²) in [5.41, 5.74) is 2.09. The summed E-state index contributed by atoms with van der Waals surface area (Å²) in [7, 11) is -3.82. The van der Waals surface area contributed by atoms with Crippen molar-refractivity contribution in [3.8, 4) is 6.07 Å². The zero-order chi connectivity index (χ0) is 17.7. The zero-order valence-corrected chi connectivity index (χ0v) is 14.5. The summed E-state index contributed by atoms with van der Waals surface area (Å²) in [6.45, 7) is 4.94. The van der Waals surface area contributed by atoms with Gasteiger partial charge in [0.25, 0.3) is 0 Å². The fourth-order valence-electron chi connectivity index (χ4n) is 2.61. The number of benzene rings is 2. The summed E-state index contributed by atoms with van der Waals surface area (Å²) in [6.07, 6.45) is 0. The molecule has 0 aliphatic heterocycles. The summed E-state index contributed by atoms with van der Waals surface area (Å²) in [6, 6.07) is 16.5. The molecule has 6 heteroatoms. The summed E-state index contributed by atoms with van der Waals surface area (Å²) in [5, 5.41) is 17.6. The van der Waals surface area contributed by atoms with Crippen LogP contribution < -0.4 is 10.5 Å². The molecular formula is C18H21N3O2S. The van der Waals surface area contributed by atoms with Gasteiger partial charge in [0.05, 0.1) is 16.1 Å². The molecule has 3 N–H and O–H groups in total. The third-order valence-corrected chi connectivity index (χ3v) is 4.90. The average molecular weight is 343 g/mol. The Hall–Kier alpha value is -2.36. The molecule has 0 saturated heterocycles. The zero-order valence-electron chi connectivity index (χ0n) is 13.7. The largest absolute Gasteiger partial charge is 0.383 e. The number of nitrogens with zero attached hydrogens (tertiary/aromatic N) is 1. The van der Waals surface area contributed by atoms with Crippen LogP contribution in [0, 0.1) is 17.2 Å². The van der Waals surface area contributed by atoms with Crippen molar-refractivity contribution in [2.75, 3.05) is 11.9 Å². The molecule has 0 spiro atoms. The van der Waals surface area contributed by atoms with Crippen LogP contribution in [0.2, 0.25) is 0 Å². The second-order valence-corrected chi connectivity index (χ2v) is 7.57. The lowest BCUT2D eigenvalue weighted by Crippen LogP contribution is -2.18. The first-order valence-electron chi connectivity index (χ1n) is 7.68. The number of hydrogen-bond donors (Lipinski definition) is 2. The lowest BCUT2D eigenvalue weighted by Gasteiger charge is -2.23. The Morgan fingerprint density at radius 3 is 2.38 bits per heavy atom. The minimum Gasteiger partial charge on any atom is -0.383 e. The summed E-state index contributed by atoms with van der Waals surface area (Å²) in [5.74, 6) is 0.685. The quantitative estimate of drug-likeness (QED) is 0.842. The maximum Gasteiger partial charge on any atom is 0.238 e. The summed E-state index contributed by atoms with van der Waals surface area (Å²) >= 11 is 0. The number of nitrogens with one attached hydrogen (secondary N) is 1. The Morgan fingerprint density at radius 2 is 1.83 bits per heavy atom. The van der Waals surface area contributed by atoms with Crippen molar-refractivity contribution in [1.29, 1.82) is 5.26 Å². The van der Waals surface area contributed by atoms with Gasteiger partial charge in [-0.25, -0.2) is 13.6 Å². The molecule has 5 nitrogen and oxygen atoms in total. The Morgan fingerprint density at radius 1 is 1.17 bits per heavy atom. The number of hydrogen-bond acceptors (Lipinski definition) is 4. The molecule has 1 atom stereocenters. The van der Waals surface area contributed by atoms with Crippen LogP contribution in [0.5, 0.6) is 0 Å². The van der Waals surface area contributed by atoms with Crippen molar-refractivity contribution in [2.45, 2.75) is 24.7 Å². The number of anilines is 1. The van der Waals surface area contributed by atoms with Crippen LogP contribution in [0.25, 0.3) is 0 Å². The van der Waals surface area contributed by atoms with E-state index in [0.29, 0.717) is 18.2 Å². The summed E-state index contributed by atoms with van der Waals surface area (Å²) < 4.78 is 22.8. The van der Waals surface area contributed by atoms with Gasteiger partial charge in [-0.05, 0) is 29.7 Å². The molecule has 2 rings (SSSR count). The predicted octanol–water partition coefficient (Wildman–Crippen LogP) is 3.06. The molecule has 126 valence electrons. The van der Waals surface area contributed by atoms with Gasteiger partial charge in [0.15, 0.2) is 0 Å². The van der Waals surface area contributed by atoms with Crippen LogP contribution in [-0.2, 0) is 10.0 Å². The number of sulfonamides is 1. The van der Waals surface area contributed by atoms with Crippen molar-refractivity contribution in [3.05, 3.63) is 59.7 Å². The molecule has 0 heterocycles. The lowest BCUT2D eigenvalue weighted by molar-refractivity contribution is 0.517. The molecule has 0 radical (unpaired) electrons. The fourth-order valence-corrected chi connectivity index (χ4v) is 3.15. The van der Waals surface area contributed by atoms with E-state index in [4.69, 9.17) is 5.14 Å². The van der Waals surface area contributed by atoms with Crippen LogP contribution in [-0.4, -0.2) is 15.0 Å². The molecule has 0 aliphatic carbocycles. The van der Waals surface area contributed by atoms with Crippen LogP contribution in [0.3, 0.4) is 0 Å². The van der Waals surface area contributed by atoms with Gasteiger partial charge in [-0.3, -0.25) is 0 Å². The van der Waals surface area contributed by atoms with Crippen molar-refractivity contribution in [2.24, 2.45) is 11.1 Å². The van der Waals surface area contributed by atoms with E-state index in [2.05, 4.69) is 31.3 Å². The van der Waals surface area contributed by atoms with Crippen molar-refractivity contribution < 1.29 is 8.42 Å². The highest BCUT2D eigenvalue weighted by molar-refractivity contribution is 7.89. The van der Waals surface area contributed by atoms with Crippen LogP contribution in [0.1, 0.15) is 30.9 Å². The molecule has 1 unspecified atom stereocenters. The maximum absolute atomic E-state index is 11.4. The predicted molar refractivity (Wildman–Crippen MR) is 95.0 cm³/mol. The topological polar surface area (TPSA) is 96.0 Å². The second-order valence-electron chi connectivity index (χ2n) is 6.01. The maximum atomic E-state index is 11.4. The number of primary sulfonamides is 1. The second kappa shape index (κ2) is 7.47. The molecule has 0 saturated carbocycles. The standard InChI is InChI=1S/C18H21N3O2S/c1-13(2)17(14-6-4-3-5-7-14)12-21-18-9-8-16(24(20,22)23)10-15(18)11-19/h3-10,13,17,21H,12H2,1-2H3,(H2,20,22,23). The van der Waals surface area contributed by atoms with Crippen LogP contribution >= 0.6 is 0 Å². The molecule has 2 aromatic carbocycles. The molecule has 24 heavy (non-hydrogen) atoms. The lowest BCUT2D eigenvalue weighted by atomic mass is 9.88. The van der Waals surface area contributed by atoms with E-state index >= 15 is 0 Å². The van der Waals surface area contributed by atoms with E-state index in [1.54, 1.807) is 6.07 Å². The molecule has 2 aromatic rings. The molecule has 0 aromatic heterocycles. The number of nitriles is 1. The van der Waals surface area contributed by atoms with E-state index < -0.39 is 10.0 Å². The van der Waals surface area contributed by atoms with Gasteiger partial charge >= 0.3 is 0 Å². The molecule has 0 amide bonds.